The molecule has 6 heteroatoms. The maximum Gasteiger partial charge on any atom is 0.307 e. The summed E-state index contributed by atoms with van der Waals surface area (Å²) in [6.45, 7) is 1.87. The summed E-state index contributed by atoms with van der Waals surface area (Å²) in [7, 11) is 0. The number of benzene rings is 1. The summed E-state index contributed by atoms with van der Waals surface area (Å²) in [4.78, 5) is 28.4. The Kier molecular flexibility index (Phi) is 4.94. The van der Waals surface area contributed by atoms with Crippen molar-refractivity contribution in [1.29, 1.82) is 0 Å². The third-order valence-corrected chi connectivity index (χ3v) is 5.61. The summed E-state index contributed by atoms with van der Waals surface area (Å²) in [5, 5.41) is 12.7. The number of aromatic nitrogens is 1. The number of amides is 1. The molecule has 1 aliphatic rings. The largest absolute Gasteiger partial charge is 0.481 e. The van der Waals surface area contributed by atoms with Crippen molar-refractivity contribution in [3.05, 3.63) is 45.4 Å². The molecule has 1 aromatic carbocycles. The Labute approximate surface area is 144 Å². The summed E-state index contributed by atoms with van der Waals surface area (Å²) in [6.07, 6.45) is 4.80. The SMILES string of the molecule is Cc1nc(C2CCCC2)sc1C(=O)Nc1ccc(CC(=O)O)cc1. The fourth-order valence-corrected chi connectivity index (χ4v) is 4.17. The van der Waals surface area contributed by atoms with Crippen LogP contribution < -0.4 is 5.32 Å². The van der Waals surface area contributed by atoms with E-state index >= 15 is 0 Å². The molecular weight excluding hydrogens is 324 g/mol. The van der Waals surface area contributed by atoms with Crippen LogP contribution in [0.4, 0.5) is 5.69 Å². The maximum absolute atomic E-state index is 12.5. The molecule has 126 valence electrons. The van der Waals surface area contributed by atoms with Crippen LogP contribution in [0.25, 0.3) is 0 Å². The molecule has 0 saturated heterocycles. The first-order valence-electron chi connectivity index (χ1n) is 8.12. The predicted molar refractivity (Wildman–Crippen MR) is 93.8 cm³/mol. The number of carbonyl (C=O) groups excluding carboxylic acids is 1. The van der Waals surface area contributed by atoms with Crippen molar-refractivity contribution >= 4 is 28.9 Å². The Morgan fingerprint density at radius 1 is 1.25 bits per heavy atom. The van der Waals surface area contributed by atoms with Crippen LogP contribution >= 0.6 is 11.3 Å². The number of anilines is 1. The van der Waals surface area contributed by atoms with E-state index < -0.39 is 5.97 Å². The number of hydrogen-bond donors (Lipinski definition) is 2. The first-order chi connectivity index (χ1) is 11.5. The normalized spacial score (nSPS) is 14.7. The third kappa shape index (κ3) is 3.82. The van der Waals surface area contributed by atoms with Crippen molar-refractivity contribution < 1.29 is 14.7 Å². The van der Waals surface area contributed by atoms with Crippen molar-refractivity contribution in [2.24, 2.45) is 0 Å². The van der Waals surface area contributed by atoms with Gasteiger partial charge in [-0.2, -0.15) is 0 Å². The van der Waals surface area contributed by atoms with Crippen LogP contribution in [0.5, 0.6) is 0 Å². The van der Waals surface area contributed by atoms with E-state index in [9.17, 15) is 9.59 Å². The van der Waals surface area contributed by atoms with Crippen molar-refractivity contribution in [2.45, 2.75) is 44.9 Å². The highest BCUT2D eigenvalue weighted by molar-refractivity contribution is 7.14. The van der Waals surface area contributed by atoms with Crippen molar-refractivity contribution in [3.8, 4) is 0 Å². The van der Waals surface area contributed by atoms with Gasteiger partial charge in [-0.25, -0.2) is 4.98 Å². The lowest BCUT2D eigenvalue weighted by atomic mass is 10.1. The van der Waals surface area contributed by atoms with Gasteiger partial charge >= 0.3 is 5.97 Å². The number of rotatable bonds is 5. The fraction of sp³-hybridized carbons (Fsp3) is 0.389. The third-order valence-electron chi connectivity index (χ3n) is 4.29. The molecule has 2 aromatic rings. The lowest BCUT2D eigenvalue weighted by Crippen LogP contribution is -2.11. The number of nitrogens with one attached hydrogen (secondary N) is 1. The zero-order valence-electron chi connectivity index (χ0n) is 13.5. The highest BCUT2D eigenvalue weighted by atomic mass is 32.1. The van der Waals surface area contributed by atoms with E-state index in [-0.39, 0.29) is 12.3 Å². The van der Waals surface area contributed by atoms with E-state index in [1.807, 2.05) is 6.92 Å². The number of carboxylic acid groups (broad SMARTS) is 1. The molecule has 2 N–H and O–H groups in total. The summed E-state index contributed by atoms with van der Waals surface area (Å²) in [6, 6.07) is 6.88. The number of nitrogens with zero attached hydrogens (tertiary/aromatic N) is 1. The van der Waals surface area contributed by atoms with Crippen LogP contribution in [0.2, 0.25) is 0 Å². The first-order valence-corrected chi connectivity index (χ1v) is 8.94. The molecule has 0 bridgehead atoms. The van der Waals surface area contributed by atoms with Gasteiger partial charge in [0.15, 0.2) is 0 Å². The number of aliphatic carboxylic acids is 1. The van der Waals surface area contributed by atoms with Crippen LogP contribution in [0.3, 0.4) is 0 Å². The Balaban J connectivity index is 1.69. The van der Waals surface area contributed by atoms with E-state index in [4.69, 9.17) is 5.11 Å². The lowest BCUT2D eigenvalue weighted by molar-refractivity contribution is -0.136. The van der Waals surface area contributed by atoms with Gasteiger partial charge in [0.25, 0.3) is 5.91 Å². The number of carboxylic acids is 1. The van der Waals surface area contributed by atoms with E-state index in [0.717, 1.165) is 10.7 Å². The number of aryl methyl sites for hydroxylation is 1. The van der Waals surface area contributed by atoms with Crippen LogP contribution in [-0.2, 0) is 11.2 Å². The molecule has 5 nitrogen and oxygen atoms in total. The standard InChI is InChI=1S/C18H20N2O3S/c1-11-16(24-18(19-11)13-4-2-3-5-13)17(23)20-14-8-6-12(7-9-14)10-15(21)22/h6-9,13H,2-5,10H2,1H3,(H,20,23)(H,21,22). The van der Waals surface area contributed by atoms with Crippen molar-refractivity contribution in [2.75, 3.05) is 5.32 Å². The Morgan fingerprint density at radius 3 is 2.54 bits per heavy atom. The van der Waals surface area contributed by atoms with Gasteiger partial charge in [-0.1, -0.05) is 25.0 Å². The van der Waals surface area contributed by atoms with Gasteiger partial charge in [-0.05, 0) is 37.5 Å². The molecule has 1 saturated carbocycles. The summed E-state index contributed by atoms with van der Waals surface area (Å²) < 4.78 is 0. The molecule has 1 fully saturated rings. The molecule has 3 rings (SSSR count). The molecule has 1 heterocycles. The maximum atomic E-state index is 12.5. The van der Waals surface area contributed by atoms with Crippen molar-refractivity contribution in [1.82, 2.24) is 4.98 Å². The minimum absolute atomic E-state index is 0.0209. The molecule has 0 aliphatic heterocycles. The second kappa shape index (κ2) is 7.13. The Bertz CT molecular complexity index is 746. The molecule has 0 spiro atoms. The van der Waals surface area contributed by atoms with Gasteiger partial charge in [0.05, 0.1) is 17.1 Å². The summed E-state index contributed by atoms with van der Waals surface area (Å²) in [5.74, 6) is -0.516. The average Bonchev–Trinajstić information content (AvgIpc) is 3.18. The van der Waals surface area contributed by atoms with Gasteiger partial charge in [0.1, 0.15) is 4.88 Å². The number of carbonyl (C=O) groups is 2. The second-order valence-corrected chi connectivity index (χ2v) is 7.20. The first kappa shape index (κ1) is 16.6. The lowest BCUT2D eigenvalue weighted by Gasteiger charge is -2.05. The number of hydrogen-bond acceptors (Lipinski definition) is 4. The monoisotopic (exact) mass is 344 g/mol. The highest BCUT2D eigenvalue weighted by Gasteiger charge is 2.23. The zero-order chi connectivity index (χ0) is 17.1. The van der Waals surface area contributed by atoms with Gasteiger partial charge in [0.2, 0.25) is 0 Å². The molecule has 1 aliphatic carbocycles. The molecule has 0 atom stereocenters. The van der Waals surface area contributed by atoms with Crippen LogP contribution in [0.15, 0.2) is 24.3 Å². The van der Waals surface area contributed by atoms with Crippen LogP contribution in [0, 0.1) is 6.92 Å². The van der Waals surface area contributed by atoms with Crippen molar-refractivity contribution in [3.63, 3.8) is 0 Å². The van der Waals surface area contributed by atoms with E-state index in [0.29, 0.717) is 22.0 Å². The quantitative estimate of drug-likeness (QED) is 0.859. The summed E-state index contributed by atoms with van der Waals surface area (Å²) in [5.41, 5.74) is 2.14. The Morgan fingerprint density at radius 2 is 1.92 bits per heavy atom. The van der Waals surface area contributed by atoms with E-state index in [1.165, 1.54) is 37.0 Å². The summed E-state index contributed by atoms with van der Waals surface area (Å²) >= 11 is 1.49. The molecule has 1 aromatic heterocycles. The van der Waals surface area contributed by atoms with Gasteiger partial charge in [-0.15, -0.1) is 11.3 Å². The van der Waals surface area contributed by atoms with Gasteiger partial charge < -0.3 is 10.4 Å². The molecule has 1 amide bonds. The van der Waals surface area contributed by atoms with Crippen LogP contribution in [-0.4, -0.2) is 22.0 Å². The zero-order valence-corrected chi connectivity index (χ0v) is 14.4. The van der Waals surface area contributed by atoms with Gasteiger partial charge in [-0.3, -0.25) is 9.59 Å². The smallest absolute Gasteiger partial charge is 0.307 e. The molecule has 0 radical (unpaired) electrons. The van der Waals surface area contributed by atoms with E-state index in [1.54, 1.807) is 24.3 Å². The topological polar surface area (TPSA) is 79.3 Å². The van der Waals surface area contributed by atoms with E-state index in [2.05, 4.69) is 10.3 Å². The second-order valence-electron chi connectivity index (χ2n) is 6.17. The average molecular weight is 344 g/mol. The predicted octanol–water partition coefficient (Wildman–Crippen LogP) is 3.99. The molecule has 24 heavy (non-hydrogen) atoms. The molecule has 0 unspecified atom stereocenters. The number of thiazole rings is 1. The van der Waals surface area contributed by atoms with Gasteiger partial charge in [0, 0.05) is 11.6 Å². The van der Waals surface area contributed by atoms with Crippen LogP contribution in [0.1, 0.15) is 57.5 Å². The minimum atomic E-state index is -0.869. The minimum Gasteiger partial charge on any atom is -0.481 e. The fourth-order valence-electron chi connectivity index (χ4n) is 3.04. The highest BCUT2D eigenvalue weighted by Crippen LogP contribution is 2.37. The molecular formula is C18H20N2O3S. The Hall–Kier alpha value is -2.21.